The Morgan fingerprint density at radius 1 is 1.07 bits per heavy atom. The summed E-state index contributed by atoms with van der Waals surface area (Å²) in [7, 11) is 0. The molecule has 0 radical (unpaired) electrons. The molecule has 0 saturated heterocycles. The zero-order valence-electron chi connectivity index (χ0n) is 15.7. The van der Waals surface area contributed by atoms with Gasteiger partial charge in [0.2, 0.25) is 0 Å². The van der Waals surface area contributed by atoms with Crippen LogP contribution >= 0.6 is 11.6 Å². The smallest absolute Gasteiger partial charge is 0.337 e. The molecule has 3 aromatic carbocycles. The molecule has 5 rings (SSSR count). The van der Waals surface area contributed by atoms with Crippen LogP contribution < -0.4 is 5.32 Å². The highest BCUT2D eigenvalue weighted by atomic mass is 35.5. The molecule has 3 atom stereocenters. The van der Waals surface area contributed by atoms with Crippen molar-refractivity contribution in [1.29, 1.82) is 0 Å². The van der Waals surface area contributed by atoms with Crippen LogP contribution in [0.1, 0.15) is 44.6 Å². The quantitative estimate of drug-likeness (QED) is 0.436. The molecule has 150 valence electrons. The van der Waals surface area contributed by atoms with Gasteiger partial charge >= 0.3 is 5.97 Å². The van der Waals surface area contributed by atoms with Gasteiger partial charge in [0, 0.05) is 28.6 Å². The Balaban J connectivity index is 1.74. The summed E-state index contributed by atoms with van der Waals surface area (Å²) >= 11 is 6.49. The number of carboxylic acids is 1. The summed E-state index contributed by atoms with van der Waals surface area (Å²) in [5, 5.41) is 24.9. The Bertz CT molecular complexity index is 1210. The number of carbonyl (C=O) groups is 1. The van der Waals surface area contributed by atoms with E-state index in [9.17, 15) is 20.0 Å². The molecule has 1 aliphatic carbocycles. The molecule has 6 nitrogen and oxygen atoms in total. The number of nitrogens with zero attached hydrogens (tertiary/aromatic N) is 1. The number of hydrogen-bond acceptors (Lipinski definition) is 4. The standard InChI is InChI=1S/C23H17ClN2O4/c24-19-9-8-13(26(29)30)11-17(19)22-18-10-12-4-1-2-5-14(12)20(18)15-6-3-7-16(23(27)28)21(15)25-22/h1-9,11,18,20,22,25H,10H2,(H,27,28)/t18-,20+,22-/m1/s1. The van der Waals surface area contributed by atoms with E-state index in [0.29, 0.717) is 16.3 Å². The maximum Gasteiger partial charge on any atom is 0.337 e. The fraction of sp³-hybridized carbons (Fsp3) is 0.174. The minimum Gasteiger partial charge on any atom is -0.478 e. The molecule has 2 aliphatic rings. The highest BCUT2D eigenvalue weighted by molar-refractivity contribution is 6.31. The lowest BCUT2D eigenvalue weighted by Gasteiger charge is -2.38. The second kappa shape index (κ2) is 6.85. The van der Waals surface area contributed by atoms with Gasteiger partial charge in [-0.25, -0.2) is 4.79 Å². The van der Waals surface area contributed by atoms with E-state index in [0.717, 1.165) is 12.0 Å². The third-order valence-electron chi connectivity index (χ3n) is 6.19. The minimum absolute atomic E-state index is 0.0166. The van der Waals surface area contributed by atoms with Gasteiger partial charge in [-0.2, -0.15) is 0 Å². The van der Waals surface area contributed by atoms with E-state index in [4.69, 9.17) is 11.6 Å². The van der Waals surface area contributed by atoms with Crippen LogP contribution in [-0.4, -0.2) is 16.0 Å². The van der Waals surface area contributed by atoms with Crippen LogP contribution in [0.3, 0.4) is 0 Å². The maximum absolute atomic E-state index is 11.9. The van der Waals surface area contributed by atoms with Crippen LogP contribution in [0.4, 0.5) is 11.4 Å². The number of fused-ring (bicyclic) bond motifs is 5. The summed E-state index contributed by atoms with van der Waals surface area (Å²) in [6.45, 7) is 0. The van der Waals surface area contributed by atoms with Crippen molar-refractivity contribution in [1.82, 2.24) is 0 Å². The normalized spacial score (nSPS) is 21.2. The van der Waals surface area contributed by atoms with Gasteiger partial charge in [0.15, 0.2) is 0 Å². The number of carboxylic acid groups (broad SMARTS) is 1. The van der Waals surface area contributed by atoms with Crippen LogP contribution in [0, 0.1) is 16.0 Å². The van der Waals surface area contributed by atoms with Gasteiger partial charge in [-0.15, -0.1) is 0 Å². The SMILES string of the molecule is O=C(O)c1cccc2c1N[C@H](c1cc([N+](=O)[O-])ccc1Cl)[C@@H]1Cc3ccccc3[C@@H]21. The van der Waals surface area contributed by atoms with Crippen molar-refractivity contribution in [3.05, 3.63) is 104 Å². The largest absolute Gasteiger partial charge is 0.478 e. The van der Waals surface area contributed by atoms with Crippen LogP contribution in [-0.2, 0) is 6.42 Å². The Kier molecular flexibility index (Phi) is 4.25. The van der Waals surface area contributed by atoms with E-state index in [1.54, 1.807) is 12.1 Å². The molecule has 0 bridgehead atoms. The zero-order valence-corrected chi connectivity index (χ0v) is 16.5. The number of rotatable bonds is 3. The van der Waals surface area contributed by atoms with Gasteiger partial charge in [-0.1, -0.05) is 48.0 Å². The highest BCUT2D eigenvalue weighted by Gasteiger charge is 2.45. The van der Waals surface area contributed by atoms with E-state index in [2.05, 4.69) is 17.4 Å². The first-order valence-corrected chi connectivity index (χ1v) is 9.98. The lowest BCUT2D eigenvalue weighted by atomic mass is 9.75. The van der Waals surface area contributed by atoms with Gasteiger partial charge < -0.3 is 10.4 Å². The molecular weight excluding hydrogens is 404 g/mol. The van der Waals surface area contributed by atoms with Crippen molar-refractivity contribution in [2.24, 2.45) is 5.92 Å². The average molecular weight is 421 g/mol. The second-order valence-electron chi connectivity index (χ2n) is 7.70. The van der Waals surface area contributed by atoms with Crippen LogP contribution in [0.2, 0.25) is 5.02 Å². The minimum atomic E-state index is -1.02. The van der Waals surface area contributed by atoms with Crippen LogP contribution in [0.5, 0.6) is 0 Å². The monoisotopic (exact) mass is 420 g/mol. The number of anilines is 1. The first kappa shape index (κ1) is 18.6. The summed E-state index contributed by atoms with van der Waals surface area (Å²) in [4.78, 5) is 22.8. The summed E-state index contributed by atoms with van der Waals surface area (Å²) in [6.07, 6.45) is 0.772. The first-order valence-electron chi connectivity index (χ1n) is 9.60. The lowest BCUT2D eigenvalue weighted by Crippen LogP contribution is -2.31. The van der Waals surface area contributed by atoms with Crippen LogP contribution in [0.25, 0.3) is 0 Å². The van der Waals surface area contributed by atoms with Crippen molar-refractivity contribution < 1.29 is 14.8 Å². The van der Waals surface area contributed by atoms with Gasteiger partial charge in [0.25, 0.3) is 5.69 Å². The van der Waals surface area contributed by atoms with Gasteiger partial charge in [-0.05, 0) is 41.2 Å². The molecule has 0 amide bonds. The number of non-ortho nitro benzene ring substituents is 1. The van der Waals surface area contributed by atoms with E-state index in [-0.39, 0.29) is 29.1 Å². The summed E-state index contributed by atoms with van der Waals surface area (Å²) in [5.74, 6) is -0.983. The number of para-hydroxylation sites is 1. The Morgan fingerprint density at radius 3 is 2.60 bits per heavy atom. The average Bonchev–Trinajstić information content (AvgIpc) is 3.13. The Morgan fingerprint density at radius 2 is 1.83 bits per heavy atom. The van der Waals surface area contributed by atoms with Crippen molar-refractivity contribution >= 4 is 28.9 Å². The Hall–Kier alpha value is -3.38. The van der Waals surface area contributed by atoms with Crippen LogP contribution in [0.15, 0.2) is 60.7 Å². The molecule has 0 saturated carbocycles. The maximum atomic E-state index is 11.9. The number of aromatic carboxylic acids is 1. The van der Waals surface area contributed by atoms with E-state index < -0.39 is 10.9 Å². The van der Waals surface area contributed by atoms with Gasteiger partial charge in [0.05, 0.1) is 22.2 Å². The molecule has 0 fully saturated rings. The third-order valence-corrected chi connectivity index (χ3v) is 6.53. The predicted molar refractivity (Wildman–Crippen MR) is 113 cm³/mol. The number of halogens is 1. The molecule has 0 spiro atoms. The number of nitrogens with one attached hydrogen (secondary N) is 1. The summed E-state index contributed by atoms with van der Waals surface area (Å²) < 4.78 is 0. The van der Waals surface area contributed by atoms with Crippen molar-refractivity contribution in [3.63, 3.8) is 0 Å². The topological polar surface area (TPSA) is 92.5 Å². The lowest BCUT2D eigenvalue weighted by molar-refractivity contribution is -0.384. The van der Waals surface area contributed by atoms with Gasteiger partial charge in [0.1, 0.15) is 0 Å². The predicted octanol–water partition coefficient (Wildman–Crippen LogP) is 5.42. The van der Waals surface area contributed by atoms with Gasteiger partial charge in [-0.3, -0.25) is 10.1 Å². The molecule has 2 N–H and O–H groups in total. The second-order valence-corrected chi connectivity index (χ2v) is 8.11. The molecule has 30 heavy (non-hydrogen) atoms. The molecule has 3 aromatic rings. The van der Waals surface area contributed by atoms with Crippen molar-refractivity contribution in [2.75, 3.05) is 5.32 Å². The first-order chi connectivity index (χ1) is 14.5. The molecule has 1 aliphatic heterocycles. The van der Waals surface area contributed by atoms with E-state index >= 15 is 0 Å². The van der Waals surface area contributed by atoms with E-state index in [1.807, 2.05) is 18.2 Å². The number of hydrogen-bond donors (Lipinski definition) is 2. The molecule has 0 unspecified atom stereocenters. The fourth-order valence-electron chi connectivity index (χ4n) is 4.96. The molecule has 0 aromatic heterocycles. The number of nitro benzene ring substituents is 1. The molecular formula is C23H17ClN2O4. The van der Waals surface area contributed by atoms with Crippen molar-refractivity contribution in [3.8, 4) is 0 Å². The van der Waals surface area contributed by atoms with E-state index in [1.165, 1.54) is 29.3 Å². The molecule has 1 heterocycles. The zero-order chi connectivity index (χ0) is 21.0. The summed E-state index contributed by atoms with van der Waals surface area (Å²) in [5.41, 5.74) is 4.61. The number of nitro groups is 1. The highest BCUT2D eigenvalue weighted by Crippen LogP contribution is 2.55. The summed E-state index contributed by atoms with van der Waals surface area (Å²) in [6, 6.07) is 17.5. The van der Waals surface area contributed by atoms with Crippen molar-refractivity contribution in [2.45, 2.75) is 18.4 Å². The number of benzene rings is 3. The fourth-order valence-corrected chi connectivity index (χ4v) is 5.19. The third kappa shape index (κ3) is 2.75. The molecule has 7 heteroatoms. The Labute approximate surface area is 177 Å².